The average Bonchev–Trinajstić information content (AvgIpc) is 1.54. The van der Waals surface area contributed by atoms with Crippen molar-refractivity contribution in [2.24, 2.45) is 0 Å². The number of halogens is 1. The predicted molar refractivity (Wildman–Crippen MR) is 473 cm³/mol. The molecule has 0 N–H and O–H groups in total. The molecule has 0 spiro atoms. The van der Waals surface area contributed by atoms with Gasteiger partial charge in [-0.05, 0) is 185 Å². The van der Waals surface area contributed by atoms with Crippen LogP contribution in [0.2, 0.25) is 5.28 Å². The fourth-order valence-electron chi connectivity index (χ4n) is 14.8. The van der Waals surface area contributed by atoms with E-state index in [4.69, 9.17) is 35.9 Å². The van der Waals surface area contributed by atoms with Gasteiger partial charge in [0, 0.05) is 27.8 Å². The molecule has 1 saturated heterocycles. The Morgan fingerprint density at radius 3 is 0.746 bits per heavy atom. The third kappa shape index (κ3) is 16.0. The van der Waals surface area contributed by atoms with Gasteiger partial charge >= 0.3 is 7.12 Å². The fraction of sp³-hybridized carbons (Fsp3) is 0.0577. The molecule has 1 aliphatic heterocycles. The molecule has 1 fully saturated rings. The first kappa shape index (κ1) is 73.2. The van der Waals surface area contributed by atoms with Crippen molar-refractivity contribution in [2.45, 2.75) is 38.9 Å². The molecule has 0 unspecified atom stereocenters. The van der Waals surface area contributed by atoms with E-state index in [-0.39, 0.29) is 16.5 Å². The third-order valence-corrected chi connectivity index (χ3v) is 21.4. The summed E-state index contributed by atoms with van der Waals surface area (Å²) in [6.45, 7) is 8.37. The maximum atomic E-state index is 6.38. The molecular formula is C104H78BClN6O2. The Balaban J connectivity index is 0.000000131. The first-order valence-corrected chi connectivity index (χ1v) is 38.8. The normalized spacial score (nSPS) is 12.7. The van der Waals surface area contributed by atoms with Gasteiger partial charge in [0.1, 0.15) is 0 Å². The van der Waals surface area contributed by atoms with Crippen molar-refractivity contribution in [2.75, 3.05) is 0 Å². The summed E-state index contributed by atoms with van der Waals surface area (Å²) in [4.78, 5) is 28.8. The first-order valence-electron chi connectivity index (χ1n) is 38.4. The lowest BCUT2D eigenvalue weighted by atomic mass is 9.76. The van der Waals surface area contributed by atoms with E-state index in [1.165, 1.54) is 49.4 Å². The molecule has 3 heterocycles. The highest BCUT2D eigenvalue weighted by Crippen LogP contribution is 2.42. The van der Waals surface area contributed by atoms with Crippen molar-refractivity contribution in [3.8, 4) is 56.9 Å². The summed E-state index contributed by atoms with van der Waals surface area (Å²) >= 11 is 6.22. The van der Waals surface area contributed by atoms with Gasteiger partial charge in [0.2, 0.25) is 5.28 Å². The second-order valence-corrected chi connectivity index (χ2v) is 29.6. The Kier molecular flexibility index (Phi) is 21.0. The van der Waals surface area contributed by atoms with Crippen molar-refractivity contribution in [1.82, 2.24) is 29.9 Å². The summed E-state index contributed by atoms with van der Waals surface area (Å²) < 4.78 is 12.8. The van der Waals surface area contributed by atoms with E-state index in [9.17, 15) is 0 Å². The molecule has 0 radical (unpaired) electrons. The predicted octanol–water partition coefficient (Wildman–Crippen LogP) is 25.3. The van der Waals surface area contributed by atoms with Gasteiger partial charge in [0.05, 0.1) is 11.2 Å². The minimum Gasteiger partial charge on any atom is -0.399 e. The maximum Gasteiger partial charge on any atom is 0.494 e. The number of nitrogens with zero attached hydrogens (tertiary/aromatic N) is 6. The van der Waals surface area contributed by atoms with Crippen LogP contribution in [-0.2, 0) is 9.31 Å². The number of rotatable bonds is 14. The van der Waals surface area contributed by atoms with Crippen molar-refractivity contribution in [1.29, 1.82) is 0 Å². The van der Waals surface area contributed by atoms with Crippen LogP contribution < -0.4 is 5.46 Å². The van der Waals surface area contributed by atoms with Gasteiger partial charge in [-0.25, -0.2) is 19.9 Å². The fourth-order valence-corrected chi connectivity index (χ4v) is 14.9. The largest absolute Gasteiger partial charge is 0.494 e. The van der Waals surface area contributed by atoms with Crippen LogP contribution >= 0.6 is 11.6 Å². The Labute approximate surface area is 670 Å². The summed E-state index contributed by atoms with van der Waals surface area (Å²) in [6, 6.07) is 139. The van der Waals surface area contributed by atoms with Crippen molar-refractivity contribution in [3.05, 3.63) is 450 Å². The van der Waals surface area contributed by atoms with Gasteiger partial charge in [0.15, 0.2) is 29.1 Å². The zero-order valence-electron chi connectivity index (χ0n) is 63.6. The molecule has 19 rings (SSSR count). The Morgan fingerprint density at radius 2 is 0.447 bits per heavy atom. The van der Waals surface area contributed by atoms with Crippen molar-refractivity contribution < 1.29 is 9.31 Å². The average molecular weight is 1490 g/mol. The quantitative estimate of drug-likeness (QED) is 0.0785. The molecule has 0 bridgehead atoms. The number of aromatic nitrogens is 6. The van der Waals surface area contributed by atoms with Crippen molar-refractivity contribution >= 4 is 89.6 Å². The van der Waals surface area contributed by atoms with Gasteiger partial charge < -0.3 is 9.31 Å². The van der Waals surface area contributed by atoms with Crippen LogP contribution in [-0.4, -0.2) is 48.2 Å². The summed E-state index contributed by atoms with van der Waals surface area (Å²) in [5.41, 5.74) is 18.7. The highest BCUT2D eigenvalue weighted by atomic mass is 35.5. The van der Waals surface area contributed by atoms with Crippen LogP contribution in [0.4, 0.5) is 0 Å². The van der Waals surface area contributed by atoms with Crippen LogP contribution in [0.1, 0.15) is 72.2 Å². The summed E-state index contributed by atoms with van der Waals surface area (Å²) in [5, 5.41) is 9.46. The number of benzene rings is 16. The zero-order chi connectivity index (χ0) is 77.4. The van der Waals surface area contributed by atoms with E-state index in [1.807, 2.05) is 36.4 Å². The molecule has 1 aliphatic rings. The van der Waals surface area contributed by atoms with E-state index in [2.05, 4.69) is 407 Å². The van der Waals surface area contributed by atoms with E-state index >= 15 is 0 Å². The SMILES string of the molecule is CC1(C)OB(c2cccc(C(=C(c3ccccc3)c3ccccc3)c3ccccc3)c2)OC1(C)C.Clc1nc(-c2ccc3ccccc3c2)nc(-c2ccc3ccccc3c2)n1.c1ccc(C(=C(c2ccccc2)c2cccc(-c3nc(-c4ccc5ccccc5c4)nc(-c4ccc5ccccc5c4)n3)c2)c2ccccc2)cc1. The van der Waals surface area contributed by atoms with Crippen LogP contribution in [0.3, 0.4) is 0 Å². The van der Waals surface area contributed by atoms with Gasteiger partial charge in [0.25, 0.3) is 0 Å². The zero-order valence-corrected chi connectivity index (χ0v) is 64.3. The number of hydrogen-bond acceptors (Lipinski definition) is 8. The number of hydrogen-bond donors (Lipinski definition) is 0. The van der Waals surface area contributed by atoms with Gasteiger partial charge in [-0.15, -0.1) is 0 Å². The third-order valence-electron chi connectivity index (χ3n) is 21.3. The Hall–Kier alpha value is -13.7. The lowest BCUT2D eigenvalue weighted by molar-refractivity contribution is 0.00578. The maximum absolute atomic E-state index is 6.38. The molecule has 0 amide bonds. The van der Waals surface area contributed by atoms with Gasteiger partial charge in [-0.2, -0.15) is 9.97 Å². The van der Waals surface area contributed by atoms with E-state index in [0.29, 0.717) is 29.1 Å². The van der Waals surface area contributed by atoms with Gasteiger partial charge in [-0.1, -0.05) is 370 Å². The summed E-state index contributed by atoms with van der Waals surface area (Å²) in [6.07, 6.45) is 0. The summed E-state index contributed by atoms with van der Waals surface area (Å²) in [7, 11) is -0.408. The molecule has 114 heavy (non-hydrogen) atoms. The summed E-state index contributed by atoms with van der Waals surface area (Å²) in [5.74, 6) is 3.04. The molecule has 18 aromatic rings. The van der Waals surface area contributed by atoms with E-state index in [0.717, 1.165) is 93.8 Å². The van der Waals surface area contributed by atoms with Crippen LogP contribution in [0.15, 0.2) is 400 Å². The Bertz CT molecular complexity index is 6270. The molecule has 0 saturated carbocycles. The molecule has 0 aliphatic carbocycles. The van der Waals surface area contributed by atoms with Crippen molar-refractivity contribution in [3.63, 3.8) is 0 Å². The molecular weight excluding hydrogens is 1410 g/mol. The molecule has 10 heteroatoms. The second kappa shape index (κ2) is 32.7. The van der Waals surface area contributed by atoms with Crippen LogP contribution in [0, 0.1) is 0 Å². The topological polar surface area (TPSA) is 95.8 Å². The van der Waals surface area contributed by atoms with E-state index < -0.39 is 7.12 Å². The first-order chi connectivity index (χ1) is 55.9. The van der Waals surface area contributed by atoms with E-state index in [1.54, 1.807) is 0 Å². The second-order valence-electron chi connectivity index (χ2n) is 29.3. The van der Waals surface area contributed by atoms with Crippen LogP contribution in [0.5, 0.6) is 0 Å². The van der Waals surface area contributed by atoms with Gasteiger partial charge in [-0.3, -0.25) is 0 Å². The monoisotopic (exact) mass is 1490 g/mol. The molecule has 8 nitrogen and oxygen atoms in total. The lowest BCUT2D eigenvalue weighted by Gasteiger charge is -2.32. The molecule has 16 aromatic carbocycles. The minimum atomic E-state index is -0.408. The lowest BCUT2D eigenvalue weighted by Crippen LogP contribution is -2.41. The number of fused-ring (bicyclic) bond motifs is 4. The minimum absolute atomic E-state index is 0.191. The molecule has 2 aromatic heterocycles. The smallest absolute Gasteiger partial charge is 0.399 e. The van der Waals surface area contributed by atoms with Crippen LogP contribution in [0.25, 0.3) is 122 Å². The Morgan fingerprint density at radius 1 is 0.219 bits per heavy atom. The highest BCUT2D eigenvalue weighted by molar-refractivity contribution is 6.62. The highest BCUT2D eigenvalue weighted by Gasteiger charge is 2.52. The standard InChI is InChI=1S/C49H33N3.C32H31BO2.C23H14ClN3/c1-4-17-36(18-5-1)45(37-19-6-2-7-20-37)46(38-21-8-3-9-22-38)41-25-14-26-42(33-41)47-50-48(43-29-27-34-15-10-12-23-39(34)31-43)52-49(51-47)44-30-28-35-16-11-13-24-40(35)32-44;1-31(2)32(3,4)35-33(34-31)28-22-14-21-27(23-28)30(26-19-12-7-13-20-26)29(24-15-8-5-9-16-24)25-17-10-6-11-18-25;24-23-26-21(19-11-9-15-5-1-3-7-17(15)13-19)25-22(27-23)20-12-10-16-6-2-4-8-18(16)14-20/h1-33H;5-23H,1-4H3;1-14H. The molecule has 0 atom stereocenters. The molecule has 546 valence electrons.